The largest absolute Gasteiger partial charge is 0.450 e. The highest BCUT2D eigenvalue weighted by atomic mass is 19.4. The average Bonchev–Trinajstić information content (AvgIpc) is 2.38. The Balaban J connectivity index is 2.82. The highest BCUT2D eigenvalue weighted by molar-refractivity contribution is 5.67. The Kier molecular flexibility index (Phi) is 5.82. The minimum atomic E-state index is -4.73. The van der Waals surface area contributed by atoms with Gasteiger partial charge >= 0.3 is 12.3 Å². The second kappa shape index (κ2) is 7.14. The number of alkyl carbamates (subject to hydrolysis) is 1. The molecule has 0 fully saturated rings. The number of benzene rings is 1. The van der Waals surface area contributed by atoms with Gasteiger partial charge in [0.05, 0.1) is 12.6 Å². The van der Waals surface area contributed by atoms with Gasteiger partial charge in [-0.2, -0.15) is 13.2 Å². The average molecular weight is 291 g/mol. The van der Waals surface area contributed by atoms with E-state index in [1.807, 2.05) is 0 Å². The summed E-state index contributed by atoms with van der Waals surface area (Å²) in [7, 11) is 0. The highest BCUT2D eigenvalue weighted by Crippen LogP contribution is 2.28. The molecular formula is C13H16F3NO3. The summed E-state index contributed by atoms with van der Waals surface area (Å²) in [5, 5.41) is 11.5. The Morgan fingerprint density at radius 2 is 1.95 bits per heavy atom. The summed E-state index contributed by atoms with van der Waals surface area (Å²) < 4.78 is 41.9. The monoisotopic (exact) mass is 291 g/mol. The molecule has 1 aromatic carbocycles. The van der Waals surface area contributed by atoms with Gasteiger partial charge in [-0.05, 0) is 12.5 Å². The molecule has 0 bridgehead atoms. The van der Waals surface area contributed by atoms with Crippen LogP contribution in [0.1, 0.15) is 24.9 Å². The third kappa shape index (κ3) is 5.08. The van der Waals surface area contributed by atoms with Crippen molar-refractivity contribution >= 4 is 6.09 Å². The highest BCUT2D eigenvalue weighted by Gasteiger charge is 2.40. The standard InChI is InChI=1S/C13H16F3NO3/c1-2-20-12(19)17-10(8-11(18)13(14,15)16)9-6-4-3-5-7-9/h3-7,10-11,18H,2,8H2,1H3,(H,17,19). The van der Waals surface area contributed by atoms with Crippen LogP contribution in [0.2, 0.25) is 0 Å². The number of amides is 1. The maximum atomic E-state index is 12.4. The van der Waals surface area contributed by atoms with Crippen LogP contribution in [-0.4, -0.2) is 30.1 Å². The van der Waals surface area contributed by atoms with E-state index in [1.54, 1.807) is 37.3 Å². The molecule has 0 saturated heterocycles. The van der Waals surface area contributed by atoms with Crippen LogP contribution >= 0.6 is 0 Å². The van der Waals surface area contributed by atoms with Crippen LogP contribution in [0, 0.1) is 0 Å². The summed E-state index contributed by atoms with van der Waals surface area (Å²) in [6.45, 7) is 1.69. The van der Waals surface area contributed by atoms with Gasteiger partial charge in [-0.3, -0.25) is 0 Å². The molecule has 2 atom stereocenters. The van der Waals surface area contributed by atoms with Crippen molar-refractivity contribution in [2.24, 2.45) is 0 Å². The minimum Gasteiger partial charge on any atom is -0.450 e. The topological polar surface area (TPSA) is 58.6 Å². The molecule has 4 nitrogen and oxygen atoms in total. The minimum absolute atomic E-state index is 0.106. The van der Waals surface area contributed by atoms with E-state index in [0.717, 1.165) is 0 Å². The van der Waals surface area contributed by atoms with Crippen LogP contribution in [0.4, 0.5) is 18.0 Å². The summed E-state index contributed by atoms with van der Waals surface area (Å²) >= 11 is 0. The van der Waals surface area contributed by atoms with Gasteiger partial charge in [0.2, 0.25) is 0 Å². The molecule has 2 N–H and O–H groups in total. The lowest BCUT2D eigenvalue weighted by molar-refractivity contribution is -0.207. The summed E-state index contributed by atoms with van der Waals surface area (Å²) in [4.78, 5) is 11.4. The number of rotatable bonds is 5. The van der Waals surface area contributed by atoms with Gasteiger partial charge in [-0.15, -0.1) is 0 Å². The summed E-state index contributed by atoms with van der Waals surface area (Å²) in [6, 6.07) is 7.13. The van der Waals surface area contributed by atoms with Crippen molar-refractivity contribution < 1.29 is 27.8 Å². The SMILES string of the molecule is CCOC(=O)NC(CC(O)C(F)(F)F)c1ccccc1. The summed E-state index contributed by atoms with van der Waals surface area (Å²) in [5.41, 5.74) is 0.462. The lowest BCUT2D eigenvalue weighted by Gasteiger charge is -2.23. The number of hydrogen-bond donors (Lipinski definition) is 2. The van der Waals surface area contributed by atoms with Gasteiger partial charge in [-0.1, -0.05) is 30.3 Å². The maximum Gasteiger partial charge on any atom is 0.414 e. The Morgan fingerprint density at radius 1 is 1.35 bits per heavy atom. The number of nitrogens with one attached hydrogen (secondary N) is 1. The first-order chi connectivity index (χ1) is 9.34. The Labute approximate surface area is 114 Å². The van der Waals surface area contributed by atoms with Gasteiger partial charge in [-0.25, -0.2) is 4.79 Å². The molecule has 0 aliphatic carbocycles. The number of carbonyl (C=O) groups excluding carboxylic acids is 1. The van der Waals surface area contributed by atoms with Crippen LogP contribution < -0.4 is 5.32 Å². The lowest BCUT2D eigenvalue weighted by atomic mass is 10.0. The molecule has 0 aromatic heterocycles. The smallest absolute Gasteiger partial charge is 0.414 e. The third-order valence-corrected chi connectivity index (χ3v) is 2.61. The van der Waals surface area contributed by atoms with E-state index in [-0.39, 0.29) is 6.61 Å². The van der Waals surface area contributed by atoms with Crippen molar-refractivity contribution in [3.05, 3.63) is 35.9 Å². The van der Waals surface area contributed by atoms with E-state index < -0.39 is 30.8 Å². The number of alkyl halides is 3. The van der Waals surface area contributed by atoms with E-state index in [0.29, 0.717) is 5.56 Å². The van der Waals surface area contributed by atoms with E-state index in [1.165, 1.54) is 0 Å². The van der Waals surface area contributed by atoms with Crippen LogP contribution in [-0.2, 0) is 4.74 Å². The fourth-order valence-electron chi connectivity index (χ4n) is 1.64. The van der Waals surface area contributed by atoms with Gasteiger partial charge in [0.1, 0.15) is 0 Å². The molecule has 1 amide bonds. The number of ether oxygens (including phenoxy) is 1. The van der Waals surface area contributed by atoms with E-state index in [9.17, 15) is 18.0 Å². The number of aliphatic hydroxyl groups is 1. The van der Waals surface area contributed by atoms with Crippen LogP contribution in [0.25, 0.3) is 0 Å². The molecule has 0 heterocycles. The molecule has 20 heavy (non-hydrogen) atoms. The second-order valence-corrected chi connectivity index (χ2v) is 4.12. The fourth-order valence-corrected chi connectivity index (χ4v) is 1.64. The molecule has 0 saturated carbocycles. The zero-order valence-electron chi connectivity index (χ0n) is 10.9. The number of hydrogen-bond acceptors (Lipinski definition) is 3. The van der Waals surface area contributed by atoms with Gasteiger partial charge in [0.25, 0.3) is 0 Å². The first-order valence-electron chi connectivity index (χ1n) is 6.07. The summed E-state index contributed by atoms with van der Waals surface area (Å²) in [6.07, 6.45) is -8.75. The molecule has 0 radical (unpaired) electrons. The first kappa shape index (κ1) is 16.3. The number of aliphatic hydroxyl groups excluding tert-OH is 1. The van der Waals surface area contributed by atoms with Crippen molar-refractivity contribution in [1.29, 1.82) is 0 Å². The maximum absolute atomic E-state index is 12.4. The molecule has 1 aromatic rings. The molecule has 112 valence electrons. The van der Waals surface area contributed by atoms with Crippen molar-refractivity contribution in [3.63, 3.8) is 0 Å². The second-order valence-electron chi connectivity index (χ2n) is 4.12. The molecule has 1 rings (SSSR count). The summed E-state index contributed by atoms with van der Waals surface area (Å²) in [5.74, 6) is 0. The van der Waals surface area contributed by atoms with Gasteiger partial charge < -0.3 is 15.2 Å². The predicted molar refractivity (Wildman–Crippen MR) is 66.0 cm³/mol. The van der Waals surface area contributed by atoms with E-state index in [4.69, 9.17) is 5.11 Å². The molecule has 0 spiro atoms. The fraction of sp³-hybridized carbons (Fsp3) is 0.462. The quantitative estimate of drug-likeness (QED) is 0.877. The van der Waals surface area contributed by atoms with Crippen molar-refractivity contribution in [3.8, 4) is 0 Å². The Bertz CT molecular complexity index is 423. The molecule has 0 aliphatic heterocycles. The predicted octanol–water partition coefficient (Wildman–Crippen LogP) is 2.79. The van der Waals surface area contributed by atoms with Gasteiger partial charge in [0.15, 0.2) is 6.10 Å². The van der Waals surface area contributed by atoms with Crippen molar-refractivity contribution in [2.45, 2.75) is 31.7 Å². The zero-order valence-corrected chi connectivity index (χ0v) is 10.9. The van der Waals surface area contributed by atoms with Crippen molar-refractivity contribution in [2.75, 3.05) is 6.61 Å². The molecule has 0 aliphatic rings. The van der Waals surface area contributed by atoms with Crippen LogP contribution in [0.5, 0.6) is 0 Å². The van der Waals surface area contributed by atoms with Crippen LogP contribution in [0.3, 0.4) is 0 Å². The third-order valence-electron chi connectivity index (χ3n) is 2.61. The molecule has 7 heteroatoms. The normalized spacial score (nSPS) is 14.4. The lowest BCUT2D eigenvalue weighted by Crippen LogP contribution is -2.36. The Morgan fingerprint density at radius 3 is 2.45 bits per heavy atom. The van der Waals surface area contributed by atoms with Crippen LogP contribution in [0.15, 0.2) is 30.3 Å². The Hall–Kier alpha value is -1.76. The van der Waals surface area contributed by atoms with Crippen molar-refractivity contribution in [1.82, 2.24) is 5.32 Å². The zero-order chi connectivity index (χ0) is 15.2. The first-order valence-corrected chi connectivity index (χ1v) is 6.07. The molecular weight excluding hydrogens is 275 g/mol. The van der Waals surface area contributed by atoms with E-state index >= 15 is 0 Å². The number of carbonyl (C=O) groups is 1. The number of halogens is 3. The molecule has 2 unspecified atom stereocenters. The van der Waals surface area contributed by atoms with E-state index in [2.05, 4.69) is 10.1 Å². The van der Waals surface area contributed by atoms with Gasteiger partial charge in [0, 0.05) is 6.42 Å².